The van der Waals surface area contributed by atoms with Crippen molar-refractivity contribution in [1.29, 1.82) is 0 Å². The molecule has 2 N–H and O–H groups in total. The van der Waals surface area contributed by atoms with Crippen LogP contribution in [-0.2, 0) is 0 Å². The molecular formula is C9H7ClN2O. The minimum atomic E-state index is -0.554. The standard InChI is InChI=1S/C9H7ClN2O/c1-2-3-6-5-12-8(10)4-7(6)9(11)13/h4-5H,1H3,(H2,11,13). The average Bonchev–Trinajstić information content (AvgIpc) is 2.08. The normalized spacial score (nSPS) is 8.77. The summed E-state index contributed by atoms with van der Waals surface area (Å²) in [5.74, 6) is 4.82. The Morgan fingerprint density at radius 3 is 2.92 bits per heavy atom. The highest BCUT2D eigenvalue weighted by molar-refractivity contribution is 6.29. The number of nitrogens with two attached hydrogens (primary N) is 1. The maximum atomic E-state index is 10.9. The number of carbonyl (C=O) groups excluding carboxylic acids is 1. The van der Waals surface area contributed by atoms with Crippen LogP contribution in [0.3, 0.4) is 0 Å². The van der Waals surface area contributed by atoms with Gasteiger partial charge in [0.25, 0.3) is 0 Å². The van der Waals surface area contributed by atoms with Crippen LogP contribution in [0.1, 0.15) is 22.8 Å². The zero-order valence-corrected chi connectivity index (χ0v) is 7.72. The van der Waals surface area contributed by atoms with Crippen LogP contribution < -0.4 is 5.73 Å². The Hall–Kier alpha value is -1.53. The summed E-state index contributed by atoms with van der Waals surface area (Å²) in [5.41, 5.74) is 5.92. The molecule has 1 amide bonds. The molecule has 0 unspecified atom stereocenters. The Bertz CT molecular complexity index is 404. The Labute approximate surface area is 80.9 Å². The number of amides is 1. The van der Waals surface area contributed by atoms with Gasteiger partial charge >= 0.3 is 0 Å². The molecule has 0 spiro atoms. The second kappa shape index (κ2) is 3.92. The van der Waals surface area contributed by atoms with E-state index in [9.17, 15) is 4.79 Å². The van der Waals surface area contributed by atoms with Gasteiger partial charge in [-0.05, 0) is 13.0 Å². The third-order valence-electron chi connectivity index (χ3n) is 1.40. The molecule has 66 valence electrons. The number of nitrogens with zero attached hydrogens (tertiary/aromatic N) is 1. The summed E-state index contributed by atoms with van der Waals surface area (Å²) in [6.45, 7) is 1.67. The SMILES string of the molecule is CC#Cc1cnc(Cl)cc1C(N)=O. The predicted octanol–water partition coefficient (Wildman–Crippen LogP) is 1.21. The lowest BCUT2D eigenvalue weighted by Gasteiger charge is -1.98. The first kappa shape index (κ1) is 9.56. The van der Waals surface area contributed by atoms with Crippen LogP contribution in [0.15, 0.2) is 12.3 Å². The van der Waals surface area contributed by atoms with Gasteiger partial charge in [0.2, 0.25) is 5.91 Å². The summed E-state index contributed by atoms with van der Waals surface area (Å²) in [6.07, 6.45) is 1.43. The van der Waals surface area contributed by atoms with Crippen LogP contribution in [0.25, 0.3) is 0 Å². The molecular weight excluding hydrogens is 188 g/mol. The number of hydrogen-bond donors (Lipinski definition) is 1. The number of pyridine rings is 1. The number of rotatable bonds is 1. The van der Waals surface area contributed by atoms with Crippen molar-refractivity contribution in [2.45, 2.75) is 6.92 Å². The molecule has 0 saturated carbocycles. The molecule has 0 aliphatic heterocycles. The number of aromatic nitrogens is 1. The molecule has 0 bridgehead atoms. The molecule has 13 heavy (non-hydrogen) atoms. The maximum Gasteiger partial charge on any atom is 0.250 e. The van der Waals surface area contributed by atoms with Gasteiger partial charge in [0, 0.05) is 6.20 Å². The van der Waals surface area contributed by atoms with Crippen molar-refractivity contribution >= 4 is 17.5 Å². The van der Waals surface area contributed by atoms with Crippen LogP contribution in [-0.4, -0.2) is 10.9 Å². The molecule has 0 atom stereocenters. The third-order valence-corrected chi connectivity index (χ3v) is 1.60. The first-order valence-corrected chi connectivity index (χ1v) is 3.91. The number of halogens is 1. The van der Waals surface area contributed by atoms with Crippen LogP contribution >= 0.6 is 11.6 Å². The van der Waals surface area contributed by atoms with Gasteiger partial charge in [0.1, 0.15) is 5.15 Å². The lowest BCUT2D eigenvalue weighted by atomic mass is 10.1. The fourth-order valence-corrected chi connectivity index (χ4v) is 1.03. The van der Waals surface area contributed by atoms with Gasteiger partial charge in [0.05, 0.1) is 11.1 Å². The van der Waals surface area contributed by atoms with E-state index in [2.05, 4.69) is 16.8 Å². The van der Waals surface area contributed by atoms with Crippen LogP contribution in [0.4, 0.5) is 0 Å². The number of primary amides is 1. The quantitative estimate of drug-likeness (QED) is 0.540. The first-order chi connectivity index (χ1) is 6.15. The van der Waals surface area contributed by atoms with Gasteiger partial charge in [-0.3, -0.25) is 4.79 Å². The smallest absolute Gasteiger partial charge is 0.250 e. The lowest BCUT2D eigenvalue weighted by Crippen LogP contribution is -2.13. The lowest BCUT2D eigenvalue weighted by molar-refractivity contribution is 0.1000. The first-order valence-electron chi connectivity index (χ1n) is 3.53. The summed E-state index contributed by atoms with van der Waals surface area (Å²) < 4.78 is 0. The van der Waals surface area contributed by atoms with Gasteiger partial charge in [-0.15, -0.1) is 5.92 Å². The van der Waals surface area contributed by atoms with Crippen LogP contribution in [0, 0.1) is 11.8 Å². The second-order valence-corrected chi connectivity index (χ2v) is 2.68. The van der Waals surface area contributed by atoms with E-state index in [1.165, 1.54) is 12.3 Å². The fraction of sp³-hybridized carbons (Fsp3) is 0.111. The largest absolute Gasteiger partial charge is 0.366 e. The number of carbonyl (C=O) groups is 1. The van der Waals surface area contributed by atoms with E-state index in [0.717, 1.165) is 0 Å². The number of hydrogen-bond acceptors (Lipinski definition) is 2. The second-order valence-electron chi connectivity index (χ2n) is 2.29. The van der Waals surface area contributed by atoms with E-state index in [1.807, 2.05) is 0 Å². The van der Waals surface area contributed by atoms with Crippen molar-refractivity contribution in [3.63, 3.8) is 0 Å². The molecule has 0 aromatic carbocycles. The van der Waals surface area contributed by atoms with Crippen molar-refractivity contribution in [3.05, 3.63) is 28.5 Å². The zero-order chi connectivity index (χ0) is 9.84. The van der Waals surface area contributed by atoms with E-state index < -0.39 is 5.91 Å². The third kappa shape index (κ3) is 2.20. The van der Waals surface area contributed by atoms with Gasteiger partial charge in [-0.25, -0.2) is 4.98 Å². The Balaban J connectivity index is 3.32. The minimum Gasteiger partial charge on any atom is -0.366 e. The van der Waals surface area contributed by atoms with Gasteiger partial charge < -0.3 is 5.73 Å². The molecule has 3 nitrogen and oxygen atoms in total. The van der Waals surface area contributed by atoms with Crippen molar-refractivity contribution < 1.29 is 4.79 Å². The molecule has 4 heteroatoms. The van der Waals surface area contributed by atoms with Gasteiger partial charge in [-0.1, -0.05) is 17.5 Å². The molecule has 0 radical (unpaired) electrons. The predicted molar refractivity (Wildman–Crippen MR) is 50.3 cm³/mol. The highest BCUT2D eigenvalue weighted by atomic mass is 35.5. The molecule has 0 aliphatic carbocycles. The van der Waals surface area contributed by atoms with E-state index >= 15 is 0 Å². The molecule has 1 heterocycles. The van der Waals surface area contributed by atoms with Crippen molar-refractivity contribution in [3.8, 4) is 11.8 Å². The monoisotopic (exact) mass is 194 g/mol. The Kier molecular flexibility index (Phi) is 2.88. The molecule has 1 rings (SSSR count). The van der Waals surface area contributed by atoms with Crippen molar-refractivity contribution in [2.75, 3.05) is 0 Å². The van der Waals surface area contributed by atoms with Crippen molar-refractivity contribution in [1.82, 2.24) is 4.98 Å². The molecule has 1 aromatic heterocycles. The molecule has 1 aromatic rings. The highest BCUT2D eigenvalue weighted by Crippen LogP contribution is 2.11. The molecule has 0 fully saturated rings. The van der Waals surface area contributed by atoms with E-state index in [-0.39, 0.29) is 5.15 Å². The minimum absolute atomic E-state index is 0.232. The zero-order valence-electron chi connectivity index (χ0n) is 6.97. The summed E-state index contributed by atoms with van der Waals surface area (Å²) in [4.78, 5) is 14.7. The van der Waals surface area contributed by atoms with Crippen LogP contribution in [0.5, 0.6) is 0 Å². The van der Waals surface area contributed by atoms with Crippen molar-refractivity contribution in [2.24, 2.45) is 5.73 Å². The Morgan fingerprint density at radius 2 is 2.38 bits per heavy atom. The maximum absolute atomic E-state index is 10.9. The summed E-state index contributed by atoms with van der Waals surface area (Å²) in [5, 5.41) is 0.232. The topological polar surface area (TPSA) is 56.0 Å². The average molecular weight is 195 g/mol. The Morgan fingerprint density at radius 1 is 1.69 bits per heavy atom. The van der Waals surface area contributed by atoms with Crippen LogP contribution in [0.2, 0.25) is 5.15 Å². The summed E-state index contributed by atoms with van der Waals surface area (Å²) in [6, 6.07) is 1.41. The molecule has 0 aliphatic rings. The summed E-state index contributed by atoms with van der Waals surface area (Å²) >= 11 is 5.59. The van der Waals surface area contributed by atoms with E-state index in [4.69, 9.17) is 17.3 Å². The molecule has 0 saturated heterocycles. The summed E-state index contributed by atoms with van der Waals surface area (Å²) in [7, 11) is 0. The van der Waals surface area contributed by atoms with E-state index in [0.29, 0.717) is 11.1 Å². The highest BCUT2D eigenvalue weighted by Gasteiger charge is 2.07. The fourth-order valence-electron chi connectivity index (χ4n) is 0.868. The van der Waals surface area contributed by atoms with E-state index in [1.54, 1.807) is 6.92 Å². The van der Waals surface area contributed by atoms with Gasteiger partial charge in [-0.2, -0.15) is 0 Å². The van der Waals surface area contributed by atoms with Gasteiger partial charge in [0.15, 0.2) is 0 Å².